The molecular weight excluding hydrogens is 226 g/mol. The molecule has 0 aliphatic rings. The number of rotatable bonds is 4. The predicted octanol–water partition coefficient (Wildman–Crippen LogP) is 1.19. The quantitative estimate of drug-likeness (QED) is 0.625. The molecule has 1 aromatic heterocycles. The molecule has 0 unspecified atom stereocenters. The van der Waals surface area contributed by atoms with Crippen LogP contribution in [0.5, 0.6) is 0 Å². The summed E-state index contributed by atoms with van der Waals surface area (Å²) in [5.41, 5.74) is 6.36. The highest BCUT2D eigenvalue weighted by molar-refractivity contribution is 8.00. The summed E-state index contributed by atoms with van der Waals surface area (Å²) >= 11 is 1.16. The molecule has 6 heteroatoms. The van der Waals surface area contributed by atoms with Gasteiger partial charge in [0.05, 0.1) is 23.6 Å². The number of thioether (sulfide) groups is 1. The fourth-order valence-corrected chi connectivity index (χ4v) is 1.74. The Morgan fingerprint density at radius 2 is 2.50 bits per heavy atom. The van der Waals surface area contributed by atoms with Crippen LogP contribution in [0.4, 0.5) is 5.69 Å². The molecule has 0 amide bonds. The predicted molar refractivity (Wildman–Crippen MR) is 60.7 cm³/mol. The fraction of sp³-hybridized carbons (Fsp3) is 0.300. The van der Waals surface area contributed by atoms with E-state index in [4.69, 9.17) is 15.7 Å². The van der Waals surface area contributed by atoms with Gasteiger partial charge in [-0.15, -0.1) is 0 Å². The van der Waals surface area contributed by atoms with Gasteiger partial charge in [0.25, 0.3) is 0 Å². The molecule has 0 aromatic carbocycles. The second-order valence-corrected chi connectivity index (χ2v) is 3.75. The number of nitrogens with zero attached hydrogens (tertiary/aromatic N) is 2. The van der Waals surface area contributed by atoms with Crippen molar-refractivity contribution >= 4 is 23.4 Å². The Bertz CT molecular complexity index is 429. The van der Waals surface area contributed by atoms with Crippen molar-refractivity contribution in [3.63, 3.8) is 0 Å². The van der Waals surface area contributed by atoms with Crippen molar-refractivity contribution in [1.29, 1.82) is 5.26 Å². The summed E-state index contributed by atoms with van der Waals surface area (Å²) in [5.74, 6) is -0.184. The van der Waals surface area contributed by atoms with Gasteiger partial charge in [0, 0.05) is 6.20 Å². The standard InChI is InChI=1S/C10H11N3O2S/c1-2-15-8(14)6-16-10-9(12)7(5-11)3-4-13-10/h3-4H,2,6,12H2,1H3. The van der Waals surface area contributed by atoms with E-state index in [1.54, 1.807) is 6.92 Å². The lowest BCUT2D eigenvalue weighted by molar-refractivity contribution is -0.139. The summed E-state index contributed by atoms with van der Waals surface area (Å²) in [6, 6.07) is 3.49. The van der Waals surface area contributed by atoms with Crippen LogP contribution in [0.15, 0.2) is 17.3 Å². The van der Waals surface area contributed by atoms with Crippen molar-refractivity contribution in [2.24, 2.45) is 0 Å². The molecule has 0 radical (unpaired) electrons. The average Bonchev–Trinajstić information content (AvgIpc) is 2.28. The molecule has 0 aliphatic carbocycles. The number of nitrogens with two attached hydrogens (primary N) is 1. The van der Waals surface area contributed by atoms with Crippen molar-refractivity contribution < 1.29 is 9.53 Å². The van der Waals surface area contributed by atoms with Gasteiger partial charge in [0.2, 0.25) is 0 Å². The minimum absolute atomic E-state index is 0.139. The Morgan fingerprint density at radius 1 is 1.75 bits per heavy atom. The molecular formula is C10H11N3O2S. The number of carbonyl (C=O) groups is 1. The maximum absolute atomic E-state index is 11.1. The number of ether oxygens (including phenoxy) is 1. The third-order valence-electron chi connectivity index (χ3n) is 1.71. The maximum atomic E-state index is 11.1. The number of anilines is 1. The lowest BCUT2D eigenvalue weighted by Crippen LogP contribution is -2.07. The lowest BCUT2D eigenvalue weighted by atomic mass is 10.2. The van der Waals surface area contributed by atoms with E-state index in [0.717, 1.165) is 11.8 Å². The van der Waals surface area contributed by atoms with E-state index in [2.05, 4.69) is 4.98 Å². The van der Waals surface area contributed by atoms with Crippen LogP contribution in [0.2, 0.25) is 0 Å². The Morgan fingerprint density at radius 3 is 3.12 bits per heavy atom. The highest BCUT2D eigenvalue weighted by atomic mass is 32.2. The van der Waals surface area contributed by atoms with Crippen LogP contribution in [-0.4, -0.2) is 23.3 Å². The molecule has 0 aliphatic heterocycles. The van der Waals surface area contributed by atoms with Gasteiger partial charge in [-0.3, -0.25) is 4.79 Å². The van der Waals surface area contributed by atoms with Crippen molar-refractivity contribution in [2.75, 3.05) is 18.1 Å². The highest BCUT2D eigenvalue weighted by Gasteiger charge is 2.09. The third kappa shape index (κ3) is 3.14. The number of pyridine rings is 1. The minimum Gasteiger partial charge on any atom is -0.465 e. The Balaban J connectivity index is 2.68. The summed E-state index contributed by atoms with van der Waals surface area (Å²) in [6.07, 6.45) is 1.49. The van der Waals surface area contributed by atoms with E-state index >= 15 is 0 Å². The Hall–Kier alpha value is -1.74. The first-order valence-corrected chi connectivity index (χ1v) is 5.60. The summed E-state index contributed by atoms with van der Waals surface area (Å²) in [7, 11) is 0. The minimum atomic E-state index is -0.323. The first-order chi connectivity index (χ1) is 7.69. The van der Waals surface area contributed by atoms with Gasteiger partial charge in [-0.1, -0.05) is 11.8 Å². The molecule has 16 heavy (non-hydrogen) atoms. The first kappa shape index (κ1) is 12.3. The summed E-state index contributed by atoms with van der Waals surface area (Å²) in [4.78, 5) is 15.1. The van der Waals surface area contributed by atoms with E-state index in [1.807, 2.05) is 6.07 Å². The van der Waals surface area contributed by atoms with Crippen LogP contribution in [0, 0.1) is 11.3 Å². The molecule has 1 rings (SSSR count). The maximum Gasteiger partial charge on any atom is 0.316 e. The largest absolute Gasteiger partial charge is 0.465 e. The van der Waals surface area contributed by atoms with Crippen LogP contribution in [0.1, 0.15) is 12.5 Å². The summed E-state index contributed by atoms with van der Waals surface area (Å²) in [6.45, 7) is 2.09. The van der Waals surface area contributed by atoms with Gasteiger partial charge in [-0.05, 0) is 13.0 Å². The van der Waals surface area contributed by atoms with Crippen molar-refractivity contribution in [1.82, 2.24) is 4.98 Å². The smallest absolute Gasteiger partial charge is 0.316 e. The van der Waals surface area contributed by atoms with Gasteiger partial charge in [-0.25, -0.2) is 4.98 Å². The molecule has 0 saturated heterocycles. The Kier molecular flexibility index (Phi) is 4.61. The first-order valence-electron chi connectivity index (χ1n) is 4.62. The van der Waals surface area contributed by atoms with Gasteiger partial charge in [0.1, 0.15) is 11.1 Å². The number of hydrogen-bond acceptors (Lipinski definition) is 6. The zero-order chi connectivity index (χ0) is 12.0. The number of esters is 1. The molecule has 1 heterocycles. The monoisotopic (exact) mass is 237 g/mol. The van der Waals surface area contributed by atoms with Crippen LogP contribution < -0.4 is 5.73 Å². The van der Waals surface area contributed by atoms with Crippen molar-refractivity contribution in [2.45, 2.75) is 11.9 Å². The van der Waals surface area contributed by atoms with Crippen LogP contribution in [0.3, 0.4) is 0 Å². The van der Waals surface area contributed by atoms with Crippen molar-refractivity contribution in [3.05, 3.63) is 17.8 Å². The topological polar surface area (TPSA) is 89.0 Å². The zero-order valence-corrected chi connectivity index (χ0v) is 9.58. The number of nitrogen functional groups attached to an aromatic ring is 1. The van der Waals surface area contributed by atoms with E-state index in [-0.39, 0.29) is 11.7 Å². The second kappa shape index (κ2) is 5.98. The van der Waals surface area contributed by atoms with Crippen molar-refractivity contribution in [3.8, 4) is 6.07 Å². The van der Waals surface area contributed by atoms with E-state index in [9.17, 15) is 4.79 Å². The lowest BCUT2D eigenvalue weighted by Gasteiger charge is -2.04. The number of carbonyl (C=O) groups excluding carboxylic acids is 1. The molecule has 1 aromatic rings. The third-order valence-corrected chi connectivity index (χ3v) is 2.68. The van der Waals surface area contributed by atoms with Crippen LogP contribution in [0.25, 0.3) is 0 Å². The molecule has 0 bridgehead atoms. The molecule has 0 spiro atoms. The summed E-state index contributed by atoms with van der Waals surface area (Å²) in [5, 5.41) is 9.22. The van der Waals surface area contributed by atoms with E-state index < -0.39 is 0 Å². The SMILES string of the molecule is CCOC(=O)CSc1nccc(C#N)c1N. The number of nitriles is 1. The number of hydrogen-bond donors (Lipinski definition) is 1. The number of aromatic nitrogens is 1. The highest BCUT2D eigenvalue weighted by Crippen LogP contribution is 2.24. The molecule has 84 valence electrons. The van der Waals surface area contributed by atoms with Gasteiger partial charge >= 0.3 is 5.97 Å². The average molecular weight is 237 g/mol. The zero-order valence-electron chi connectivity index (χ0n) is 8.77. The molecule has 5 nitrogen and oxygen atoms in total. The second-order valence-electron chi connectivity index (χ2n) is 2.78. The molecule has 0 fully saturated rings. The van der Waals surface area contributed by atoms with Gasteiger partial charge < -0.3 is 10.5 Å². The van der Waals surface area contributed by atoms with Gasteiger partial charge in [0.15, 0.2) is 0 Å². The van der Waals surface area contributed by atoms with Crippen LogP contribution in [-0.2, 0) is 9.53 Å². The molecule has 2 N–H and O–H groups in total. The van der Waals surface area contributed by atoms with Gasteiger partial charge in [-0.2, -0.15) is 5.26 Å². The fourth-order valence-electron chi connectivity index (χ4n) is 0.996. The van der Waals surface area contributed by atoms with Crippen LogP contribution >= 0.6 is 11.8 Å². The summed E-state index contributed by atoms with van der Waals surface area (Å²) < 4.78 is 4.77. The van der Waals surface area contributed by atoms with E-state index in [1.165, 1.54) is 12.3 Å². The normalized spacial score (nSPS) is 9.50. The Labute approximate surface area is 97.6 Å². The molecule has 0 atom stereocenters. The van der Waals surface area contributed by atoms with E-state index in [0.29, 0.717) is 22.9 Å². The molecule has 0 saturated carbocycles.